The Balaban J connectivity index is 2.06. The largest absolute Gasteiger partial charge is 0.495 e. The van der Waals surface area contributed by atoms with Gasteiger partial charge in [-0.1, -0.05) is 67.4 Å². The first kappa shape index (κ1) is 30.7. The number of sulfonamides is 1. The van der Waals surface area contributed by atoms with Crippen molar-refractivity contribution < 1.29 is 22.7 Å². The number of ether oxygens (including phenoxy) is 1. The van der Waals surface area contributed by atoms with Crippen LogP contribution in [0.4, 0.5) is 5.69 Å². The predicted molar refractivity (Wildman–Crippen MR) is 158 cm³/mol. The highest BCUT2D eigenvalue weighted by molar-refractivity contribution is 7.92. The molecule has 1 atom stereocenters. The number of benzene rings is 3. The van der Waals surface area contributed by atoms with E-state index in [-0.39, 0.29) is 23.0 Å². The number of carbonyl (C=O) groups excluding carboxylic acids is 2. The molecular formula is C31H39N3O5S. The molecule has 0 aromatic heterocycles. The van der Waals surface area contributed by atoms with Crippen LogP contribution in [-0.2, 0) is 26.2 Å². The van der Waals surface area contributed by atoms with Crippen LogP contribution in [0.15, 0.2) is 77.7 Å². The maximum absolute atomic E-state index is 14.0. The van der Waals surface area contributed by atoms with Gasteiger partial charge in [0, 0.05) is 13.1 Å². The second-order valence-corrected chi connectivity index (χ2v) is 11.7. The summed E-state index contributed by atoms with van der Waals surface area (Å²) in [6, 6.07) is 20.1. The van der Waals surface area contributed by atoms with E-state index >= 15 is 0 Å². The summed E-state index contributed by atoms with van der Waals surface area (Å²) >= 11 is 0. The number of unbranched alkanes of at least 4 members (excludes halogenated alkanes) is 1. The smallest absolute Gasteiger partial charge is 0.264 e. The number of amides is 2. The second kappa shape index (κ2) is 14.0. The van der Waals surface area contributed by atoms with E-state index < -0.39 is 28.5 Å². The highest BCUT2D eigenvalue weighted by atomic mass is 32.2. The third-order valence-electron chi connectivity index (χ3n) is 6.68. The van der Waals surface area contributed by atoms with Crippen LogP contribution >= 0.6 is 0 Å². The number of anilines is 1. The van der Waals surface area contributed by atoms with E-state index in [1.807, 2.05) is 57.2 Å². The Hall–Kier alpha value is -3.85. The fourth-order valence-electron chi connectivity index (χ4n) is 4.24. The lowest BCUT2D eigenvalue weighted by molar-refractivity contribution is -0.139. The molecule has 0 saturated carbocycles. The van der Waals surface area contributed by atoms with Crippen LogP contribution in [0.2, 0.25) is 0 Å². The second-order valence-electron chi connectivity index (χ2n) is 9.83. The van der Waals surface area contributed by atoms with Crippen molar-refractivity contribution in [1.82, 2.24) is 10.2 Å². The third-order valence-corrected chi connectivity index (χ3v) is 8.46. The number of hydrogen-bond donors (Lipinski definition) is 1. The Kier molecular flexibility index (Phi) is 10.7. The molecule has 1 N–H and O–H groups in total. The molecule has 0 spiro atoms. The number of methoxy groups -OCH3 is 1. The summed E-state index contributed by atoms with van der Waals surface area (Å²) in [7, 11) is -2.72. The van der Waals surface area contributed by atoms with Crippen LogP contribution in [0, 0.1) is 13.8 Å². The maximum atomic E-state index is 14.0. The highest BCUT2D eigenvalue weighted by Crippen LogP contribution is 2.33. The van der Waals surface area contributed by atoms with Crippen molar-refractivity contribution >= 4 is 27.5 Å². The van der Waals surface area contributed by atoms with Crippen molar-refractivity contribution in [3.8, 4) is 5.75 Å². The predicted octanol–water partition coefficient (Wildman–Crippen LogP) is 4.84. The number of nitrogens with zero attached hydrogens (tertiary/aromatic N) is 2. The summed E-state index contributed by atoms with van der Waals surface area (Å²) in [5.74, 6) is -0.492. The molecule has 8 nitrogen and oxygen atoms in total. The Morgan fingerprint density at radius 3 is 2.23 bits per heavy atom. The Labute approximate surface area is 238 Å². The highest BCUT2D eigenvalue weighted by Gasteiger charge is 2.33. The molecule has 0 unspecified atom stereocenters. The molecule has 9 heteroatoms. The molecule has 0 radical (unpaired) electrons. The molecule has 0 fully saturated rings. The standard InChI is InChI=1S/C31H39N3O5S/c1-6-7-19-32-31(36)25(4)33(21-26-11-9-8-10-12-26)30(35)22-34(28-20-24(3)15-18-29(28)39-5)40(37,38)27-16-13-23(2)14-17-27/h8-18,20,25H,6-7,19,21-22H2,1-5H3,(H,32,36)/t25-/m1/s1. The van der Waals surface area contributed by atoms with Crippen molar-refractivity contribution in [3.05, 3.63) is 89.5 Å². The van der Waals surface area contributed by atoms with Gasteiger partial charge in [0.15, 0.2) is 0 Å². The number of aryl methyl sites for hydroxylation is 2. The number of hydrogen-bond acceptors (Lipinski definition) is 5. The summed E-state index contributed by atoms with van der Waals surface area (Å²) < 4.78 is 34.7. The summed E-state index contributed by atoms with van der Waals surface area (Å²) in [5, 5.41) is 2.89. The summed E-state index contributed by atoms with van der Waals surface area (Å²) in [5.41, 5.74) is 2.78. The zero-order valence-corrected chi connectivity index (χ0v) is 24.7. The van der Waals surface area contributed by atoms with Crippen LogP contribution in [0.5, 0.6) is 5.75 Å². The third kappa shape index (κ3) is 7.63. The first-order valence-electron chi connectivity index (χ1n) is 13.4. The Bertz CT molecular complexity index is 1390. The lowest BCUT2D eigenvalue weighted by Gasteiger charge is -2.32. The molecule has 214 valence electrons. The number of nitrogens with one attached hydrogen (secondary N) is 1. The van der Waals surface area contributed by atoms with E-state index in [4.69, 9.17) is 4.74 Å². The molecule has 3 aromatic carbocycles. The van der Waals surface area contributed by atoms with Gasteiger partial charge in [-0.25, -0.2) is 8.42 Å². The normalized spacial score (nSPS) is 11.9. The van der Waals surface area contributed by atoms with Gasteiger partial charge in [0.1, 0.15) is 18.3 Å². The van der Waals surface area contributed by atoms with E-state index in [0.717, 1.165) is 33.8 Å². The monoisotopic (exact) mass is 565 g/mol. The summed E-state index contributed by atoms with van der Waals surface area (Å²) in [4.78, 5) is 28.5. The molecule has 0 saturated heterocycles. The molecule has 0 heterocycles. The van der Waals surface area contributed by atoms with Gasteiger partial charge in [-0.2, -0.15) is 0 Å². The van der Waals surface area contributed by atoms with Gasteiger partial charge in [0.2, 0.25) is 11.8 Å². The van der Waals surface area contributed by atoms with Crippen LogP contribution in [0.1, 0.15) is 43.4 Å². The first-order valence-corrected chi connectivity index (χ1v) is 14.9. The number of carbonyl (C=O) groups is 2. The summed E-state index contributed by atoms with van der Waals surface area (Å²) in [6.45, 7) is 7.53. The van der Waals surface area contributed by atoms with E-state index in [0.29, 0.717) is 12.3 Å². The van der Waals surface area contributed by atoms with Crippen molar-refractivity contribution in [2.45, 2.75) is 58.0 Å². The van der Waals surface area contributed by atoms with Gasteiger partial charge in [-0.05, 0) is 62.6 Å². The van der Waals surface area contributed by atoms with Gasteiger partial charge < -0.3 is 15.0 Å². The molecule has 40 heavy (non-hydrogen) atoms. The molecular weight excluding hydrogens is 526 g/mol. The van der Waals surface area contributed by atoms with E-state index in [2.05, 4.69) is 5.32 Å². The maximum Gasteiger partial charge on any atom is 0.264 e. The van der Waals surface area contributed by atoms with Gasteiger partial charge >= 0.3 is 0 Å². The minimum atomic E-state index is -4.18. The van der Waals surface area contributed by atoms with Crippen LogP contribution < -0.4 is 14.4 Å². The topological polar surface area (TPSA) is 96.0 Å². The van der Waals surface area contributed by atoms with E-state index in [9.17, 15) is 18.0 Å². The van der Waals surface area contributed by atoms with E-state index in [1.54, 1.807) is 31.2 Å². The van der Waals surface area contributed by atoms with Crippen LogP contribution in [0.3, 0.4) is 0 Å². The molecule has 0 aliphatic heterocycles. The molecule has 0 aliphatic rings. The van der Waals surface area contributed by atoms with Crippen molar-refractivity contribution in [3.63, 3.8) is 0 Å². The zero-order chi connectivity index (χ0) is 29.3. The van der Waals surface area contributed by atoms with Gasteiger partial charge in [0.25, 0.3) is 10.0 Å². The van der Waals surface area contributed by atoms with Crippen molar-refractivity contribution in [1.29, 1.82) is 0 Å². The molecule has 0 aliphatic carbocycles. The lowest BCUT2D eigenvalue weighted by Crippen LogP contribution is -2.51. The number of rotatable bonds is 13. The Morgan fingerprint density at radius 2 is 1.60 bits per heavy atom. The van der Waals surface area contributed by atoms with E-state index in [1.165, 1.54) is 24.1 Å². The molecule has 2 amide bonds. The summed E-state index contributed by atoms with van der Waals surface area (Å²) in [6.07, 6.45) is 1.74. The average Bonchev–Trinajstić information content (AvgIpc) is 2.95. The Morgan fingerprint density at radius 1 is 0.950 bits per heavy atom. The quantitative estimate of drug-likeness (QED) is 0.299. The van der Waals surface area contributed by atoms with Crippen molar-refractivity contribution in [2.75, 3.05) is 24.5 Å². The SMILES string of the molecule is CCCCNC(=O)[C@@H](C)N(Cc1ccccc1)C(=O)CN(c1cc(C)ccc1OC)S(=O)(=O)c1ccc(C)cc1. The molecule has 3 aromatic rings. The van der Waals surface area contributed by atoms with Gasteiger partial charge in [-0.3, -0.25) is 13.9 Å². The van der Waals surface area contributed by atoms with Crippen LogP contribution in [-0.4, -0.2) is 51.4 Å². The minimum absolute atomic E-state index is 0.0504. The fourth-order valence-corrected chi connectivity index (χ4v) is 5.66. The van der Waals surface area contributed by atoms with Gasteiger partial charge in [0.05, 0.1) is 17.7 Å². The fraction of sp³-hybridized carbons (Fsp3) is 0.355. The van der Waals surface area contributed by atoms with Crippen LogP contribution in [0.25, 0.3) is 0 Å². The first-order chi connectivity index (χ1) is 19.1. The molecule has 0 bridgehead atoms. The van der Waals surface area contributed by atoms with Crippen molar-refractivity contribution in [2.24, 2.45) is 0 Å². The average molecular weight is 566 g/mol. The molecule has 3 rings (SSSR count). The van der Waals surface area contributed by atoms with Gasteiger partial charge in [-0.15, -0.1) is 0 Å². The minimum Gasteiger partial charge on any atom is -0.495 e. The zero-order valence-electron chi connectivity index (χ0n) is 23.9. The lowest BCUT2D eigenvalue weighted by atomic mass is 10.1.